The summed E-state index contributed by atoms with van der Waals surface area (Å²) in [7, 11) is 1.60. The Balaban J connectivity index is 1.75. The van der Waals surface area contributed by atoms with Crippen LogP contribution in [0.4, 0.5) is 0 Å². The molecule has 0 radical (unpaired) electrons. The highest BCUT2D eigenvalue weighted by Crippen LogP contribution is 2.22. The molecule has 132 valence electrons. The normalized spacial score (nSPS) is 10.5. The number of ketones is 1. The number of carbonyl (C=O) groups excluding carboxylic acids is 1. The van der Waals surface area contributed by atoms with Crippen LogP contribution in [-0.4, -0.2) is 28.6 Å². The van der Waals surface area contributed by atoms with E-state index in [1.165, 1.54) is 17.8 Å². The summed E-state index contributed by atoms with van der Waals surface area (Å²) >= 11 is 1.21. The highest BCUT2D eigenvalue weighted by Gasteiger charge is 2.11. The van der Waals surface area contributed by atoms with E-state index in [9.17, 15) is 9.59 Å². The molecule has 6 heteroatoms. The predicted octanol–water partition coefficient (Wildman–Crippen LogP) is 3.73. The van der Waals surface area contributed by atoms with Crippen molar-refractivity contribution in [3.05, 3.63) is 76.1 Å². The van der Waals surface area contributed by atoms with Gasteiger partial charge in [-0.05, 0) is 30.7 Å². The monoisotopic (exact) mass is 366 g/mol. The molecule has 0 unspecified atom stereocenters. The van der Waals surface area contributed by atoms with Crippen molar-refractivity contribution < 1.29 is 9.53 Å². The Bertz CT molecular complexity index is 984. The summed E-state index contributed by atoms with van der Waals surface area (Å²) in [5.74, 6) is 0.900. The summed E-state index contributed by atoms with van der Waals surface area (Å²) in [6, 6.07) is 16.2. The van der Waals surface area contributed by atoms with Crippen LogP contribution in [0, 0.1) is 6.92 Å². The Morgan fingerprint density at radius 3 is 2.62 bits per heavy atom. The minimum atomic E-state index is -0.242. The third kappa shape index (κ3) is 4.21. The van der Waals surface area contributed by atoms with E-state index in [1.54, 1.807) is 25.3 Å². The number of benzene rings is 2. The summed E-state index contributed by atoms with van der Waals surface area (Å²) in [6.45, 7) is 1.89. The fraction of sp³-hybridized carbons (Fsp3) is 0.150. The number of Topliss-reactive ketones (excluding diaryl/α,β-unsaturated/α-hetero) is 1. The van der Waals surface area contributed by atoms with E-state index in [0.29, 0.717) is 16.4 Å². The highest BCUT2D eigenvalue weighted by atomic mass is 32.2. The van der Waals surface area contributed by atoms with Gasteiger partial charge in [0.25, 0.3) is 5.56 Å². The van der Waals surface area contributed by atoms with Crippen molar-refractivity contribution in [3.8, 4) is 17.0 Å². The molecule has 0 amide bonds. The number of nitrogens with zero attached hydrogens (tertiary/aromatic N) is 1. The largest absolute Gasteiger partial charge is 0.496 e. The lowest BCUT2D eigenvalue weighted by Crippen LogP contribution is -2.10. The predicted molar refractivity (Wildman–Crippen MR) is 103 cm³/mol. The topological polar surface area (TPSA) is 72.0 Å². The molecule has 0 atom stereocenters. The maximum atomic E-state index is 12.4. The van der Waals surface area contributed by atoms with Gasteiger partial charge < -0.3 is 9.72 Å². The van der Waals surface area contributed by atoms with Crippen LogP contribution in [-0.2, 0) is 0 Å². The lowest BCUT2D eigenvalue weighted by atomic mass is 10.1. The van der Waals surface area contributed by atoms with Crippen molar-refractivity contribution in [3.63, 3.8) is 0 Å². The van der Waals surface area contributed by atoms with Crippen LogP contribution in [0.3, 0.4) is 0 Å². The van der Waals surface area contributed by atoms with Crippen LogP contribution >= 0.6 is 11.8 Å². The van der Waals surface area contributed by atoms with Gasteiger partial charge in [-0.25, -0.2) is 4.98 Å². The van der Waals surface area contributed by atoms with E-state index in [0.717, 1.165) is 16.9 Å². The van der Waals surface area contributed by atoms with E-state index in [1.807, 2.05) is 37.3 Å². The summed E-state index contributed by atoms with van der Waals surface area (Å²) in [4.78, 5) is 31.5. The molecule has 0 spiro atoms. The highest BCUT2D eigenvalue weighted by molar-refractivity contribution is 7.99. The molecule has 0 saturated carbocycles. The molecule has 1 N–H and O–H groups in total. The number of hydrogen-bond donors (Lipinski definition) is 1. The second kappa shape index (κ2) is 8.01. The van der Waals surface area contributed by atoms with E-state index >= 15 is 0 Å². The molecule has 0 saturated heterocycles. The molecule has 0 aliphatic rings. The molecular weight excluding hydrogens is 348 g/mol. The van der Waals surface area contributed by atoms with Crippen molar-refractivity contribution in [1.82, 2.24) is 9.97 Å². The number of hydrogen-bond acceptors (Lipinski definition) is 5. The zero-order valence-electron chi connectivity index (χ0n) is 14.5. The van der Waals surface area contributed by atoms with Crippen LogP contribution in [0.2, 0.25) is 0 Å². The van der Waals surface area contributed by atoms with Gasteiger partial charge in [-0.2, -0.15) is 0 Å². The molecule has 0 aliphatic heterocycles. The number of ether oxygens (including phenoxy) is 1. The van der Waals surface area contributed by atoms with Gasteiger partial charge in [0, 0.05) is 17.2 Å². The number of aryl methyl sites for hydroxylation is 1. The van der Waals surface area contributed by atoms with Crippen LogP contribution in [0.1, 0.15) is 15.9 Å². The average Bonchev–Trinajstić information content (AvgIpc) is 2.66. The molecule has 0 bridgehead atoms. The number of aromatic nitrogens is 2. The van der Waals surface area contributed by atoms with Gasteiger partial charge in [-0.3, -0.25) is 9.59 Å². The summed E-state index contributed by atoms with van der Waals surface area (Å²) in [5, 5.41) is 0.426. The van der Waals surface area contributed by atoms with Crippen LogP contribution in [0.5, 0.6) is 5.75 Å². The minimum absolute atomic E-state index is 0.0338. The molecule has 3 rings (SSSR count). The third-order valence-electron chi connectivity index (χ3n) is 3.85. The Morgan fingerprint density at radius 1 is 1.15 bits per heavy atom. The second-order valence-electron chi connectivity index (χ2n) is 5.70. The van der Waals surface area contributed by atoms with Crippen LogP contribution in [0.25, 0.3) is 11.3 Å². The van der Waals surface area contributed by atoms with Crippen LogP contribution < -0.4 is 10.3 Å². The first-order valence-electron chi connectivity index (χ1n) is 8.04. The third-order valence-corrected chi connectivity index (χ3v) is 4.72. The van der Waals surface area contributed by atoms with Gasteiger partial charge in [0.05, 0.1) is 18.6 Å². The fourth-order valence-electron chi connectivity index (χ4n) is 2.53. The van der Waals surface area contributed by atoms with E-state index < -0.39 is 0 Å². The quantitative estimate of drug-likeness (QED) is 0.409. The molecule has 0 fully saturated rings. The number of rotatable bonds is 6. The smallest absolute Gasteiger partial charge is 0.252 e. The standard InChI is InChI=1S/C20H18N2O3S/c1-13-10-15(8-9-18(13)25-2)17(23)12-26-20-21-16(11-19(24)22-20)14-6-4-3-5-7-14/h3-11H,12H2,1-2H3,(H,21,22,24). The van der Waals surface area contributed by atoms with Crippen molar-refractivity contribution in [2.75, 3.05) is 12.9 Å². The van der Waals surface area contributed by atoms with Gasteiger partial charge in [0.15, 0.2) is 10.9 Å². The van der Waals surface area contributed by atoms with Gasteiger partial charge >= 0.3 is 0 Å². The van der Waals surface area contributed by atoms with Gasteiger partial charge in [0.1, 0.15) is 5.75 Å². The Morgan fingerprint density at radius 2 is 1.92 bits per heavy atom. The number of nitrogens with one attached hydrogen (secondary N) is 1. The number of aromatic amines is 1. The molecule has 3 aromatic rings. The zero-order chi connectivity index (χ0) is 18.5. The SMILES string of the molecule is COc1ccc(C(=O)CSc2nc(-c3ccccc3)cc(=O)[nH]2)cc1C. The number of H-pyrrole nitrogens is 1. The van der Waals surface area contributed by atoms with E-state index in [-0.39, 0.29) is 17.1 Å². The molecular formula is C20H18N2O3S. The van der Waals surface area contributed by atoms with Gasteiger partial charge in [-0.1, -0.05) is 42.1 Å². The molecule has 26 heavy (non-hydrogen) atoms. The molecule has 0 aliphatic carbocycles. The maximum absolute atomic E-state index is 12.4. The lowest BCUT2D eigenvalue weighted by Gasteiger charge is -2.07. The first kappa shape index (κ1) is 17.9. The Labute approximate surface area is 155 Å². The number of methoxy groups -OCH3 is 1. The summed E-state index contributed by atoms with van der Waals surface area (Å²) in [5.41, 5.74) is 2.72. The van der Waals surface area contributed by atoms with Crippen LogP contribution in [0.15, 0.2) is 64.5 Å². The average molecular weight is 366 g/mol. The van der Waals surface area contributed by atoms with Crippen molar-refractivity contribution in [1.29, 1.82) is 0 Å². The van der Waals surface area contributed by atoms with Crippen molar-refractivity contribution >= 4 is 17.5 Å². The lowest BCUT2D eigenvalue weighted by molar-refractivity contribution is 0.102. The van der Waals surface area contributed by atoms with Crippen molar-refractivity contribution in [2.45, 2.75) is 12.1 Å². The molecule has 1 aromatic heterocycles. The molecule has 1 heterocycles. The first-order valence-corrected chi connectivity index (χ1v) is 9.03. The van der Waals surface area contributed by atoms with E-state index in [4.69, 9.17) is 4.74 Å². The minimum Gasteiger partial charge on any atom is -0.496 e. The molecule has 2 aromatic carbocycles. The number of carbonyl (C=O) groups is 1. The zero-order valence-corrected chi connectivity index (χ0v) is 15.3. The molecule has 5 nitrogen and oxygen atoms in total. The second-order valence-corrected chi connectivity index (χ2v) is 6.66. The van der Waals surface area contributed by atoms with Crippen molar-refractivity contribution in [2.24, 2.45) is 0 Å². The summed E-state index contributed by atoms with van der Waals surface area (Å²) < 4.78 is 5.21. The first-order chi connectivity index (χ1) is 12.6. The van der Waals surface area contributed by atoms with Gasteiger partial charge in [-0.15, -0.1) is 0 Å². The number of thioether (sulfide) groups is 1. The maximum Gasteiger partial charge on any atom is 0.252 e. The van der Waals surface area contributed by atoms with Gasteiger partial charge in [0.2, 0.25) is 0 Å². The Hall–Kier alpha value is -2.86. The Kier molecular flexibility index (Phi) is 5.53. The van der Waals surface area contributed by atoms with E-state index in [2.05, 4.69) is 9.97 Å². The summed E-state index contributed by atoms with van der Waals surface area (Å²) in [6.07, 6.45) is 0. The fourth-order valence-corrected chi connectivity index (χ4v) is 3.30.